The quantitative estimate of drug-likeness (QED) is 0.510. The van der Waals surface area contributed by atoms with Crippen molar-refractivity contribution in [3.63, 3.8) is 0 Å². The molecule has 0 aromatic carbocycles. The van der Waals surface area contributed by atoms with Crippen molar-refractivity contribution in [1.82, 2.24) is 0 Å². The van der Waals surface area contributed by atoms with Gasteiger partial charge in [-0.1, -0.05) is 6.92 Å². The molecule has 0 N–H and O–H groups in total. The van der Waals surface area contributed by atoms with E-state index in [2.05, 4.69) is 33.1 Å². The van der Waals surface area contributed by atoms with E-state index in [-0.39, 0.29) is 98.1 Å². The van der Waals surface area contributed by atoms with E-state index >= 15 is 0 Å². The molecule has 0 bridgehead atoms. The summed E-state index contributed by atoms with van der Waals surface area (Å²) in [5, 5.41) is 0. The summed E-state index contributed by atoms with van der Waals surface area (Å²) in [5.74, 6) is 0. The van der Waals surface area contributed by atoms with Gasteiger partial charge in [-0.15, -0.1) is 0 Å². The Morgan fingerprint density at radius 1 is 0.909 bits per heavy atom. The van der Waals surface area contributed by atoms with E-state index in [1.807, 2.05) is 0 Å². The van der Waals surface area contributed by atoms with Crippen molar-refractivity contribution in [1.29, 1.82) is 0 Å². The molecule has 0 saturated heterocycles. The summed E-state index contributed by atoms with van der Waals surface area (Å²) in [5.41, 5.74) is 0. The van der Waals surface area contributed by atoms with Crippen molar-refractivity contribution in [3.8, 4) is 0 Å². The molecule has 0 aliphatic rings. The van der Waals surface area contributed by atoms with Crippen molar-refractivity contribution in [3.05, 3.63) is 19.3 Å². The van der Waals surface area contributed by atoms with E-state index in [1.54, 1.807) is 0 Å². The molecule has 0 nitrogen and oxygen atoms in total. The van der Waals surface area contributed by atoms with Gasteiger partial charge < -0.3 is 32.1 Å². The Hall–Kier alpha value is 3.31. The molecular weight excluding hydrogens is 363 g/mol. The van der Waals surface area contributed by atoms with Crippen molar-refractivity contribution in [2.45, 2.75) is 33.1 Å². The zero-order chi connectivity index (χ0) is 6.24. The Morgan fingerprint density at radius 2 is 1.45 bits per heavy atom. The first kappa shape index (κ1) is 23.9. The normalized spacial score (nSPS) is 7.09. The average Bonchev–Trinajstić information content (AvgIpc) is 1.81. The summed E-state index contributed by atoms with van der Waals surface area (Å²) in [6, 6.07) is 0. The van der Waals surface area contributed by atoms with Crippen LogP contribution in [0.4, 0.5) is 0 Å². The molecule has 11 heavy (non-hydrogen) atoms. The summed E-state index contributed by atoms with van der Waals surface area (Å²) in [6.07, 6.45) is 10.2. The SMILES string of the molecule is C[CH-]C[CH-]C[CH-]CC.[Y].[Y].[Y]. The number of rotatable bonds is 5. The summed E-state index contributed by atoms with van der Waals surface area (Å²) in [7, 11) is 0. The second-order valence-corrected chi connectivity index (χ2v) is 1.87. The molecule has 0 heterocycles. The fourth-order valence-corrected chi connectivity index (χ4v) is 0.547. The van der Waals surface area contributed by atoms with Gasteiger partial charge >= 0.3 is 0 Å². The van der Waals surface area contributed by atoms with Crippen LogP contribution >= 0.6 is 0 Å². The molecule has 0 aliphatic carbocycles. The van der Waals surface area contributed by atoms with Crippen LogP contribution in [0, 0.1) is 19.3 Å². The van der Waals surface area contributed by atoms with E-state index < -0.39 is 0 Å². The van der Waals surface area contributed by atoms with Gasteiger partial charge in [0, 0.05) is 98.1 Å². The van der Waals surface area contributed by atoms with Crippen LogP contribution in [0.25, 0.3) is 0 Å². The summed E-state index contributed by atoms with van der Waals surface area (Å²) in [4.78, 5) is 0. The van der Waals surface area contributed by atoms with Gasteiger partial charge in [0.1, 0.15) is 0 Å². The third-order valence-corrected chi connectivity index (χ3v) is 1.02. The smallest absolute Gasteiger partial charge is 0 e. The summed E-state index contributed by atoms with van der Waals surface area (Å²) >= 11 is 0. The topological polar surface area (TPSA) is 0 Å². The zero-order valence-electron chi connectivity index (χ0n) is 7.59. The molecule has 0 spiro atoms. The van der Waals surface area contributed by atoms with Crippen molar-refractivity contribution in [2.24, 2.45) is 0 Å². The first-order chi connectivity index (χ1) is 3.91. The summed E-state index contributed by atoms with van der Waals surface area (Å²) < 4.78 is 0. The Bertz CT molecular complexity index is 34.3. The van der Waals surface area contributed by atoms with Gasteiger partial charge in [0.05, 0.1) is 0 Å². The van der Waals surface area contributed by atoms with E-state index in [0.717, 1.165) is 6.42 Å². The molecule has 0 unspecified atom stereocenters. The molecule has 0 fully saturated rings. The monoisotopic (exact) mass is 378 g/mol. The fourth-order valence-electron chi connectivity index (χ4n) is 0.547. The van der Waals surface area contributed by atoms with Gasteiger partial charge in [-0.25, -0.2) is 0 Å². The van der Waals surface area contributed by atoms with Crippen molar-refractivity contribution in [2.75, 3.05) is 0 Å². The molecular formula is C8H15Y3-3. The first-order valence-corrected chi connectivity index (χ1v) is 3.33. The standard InChI is InChI=1S/C8H15.3Y/c1-3-5-7-8-6-4-2;;;/h3,6-7H,4-5,8H2,1-2H3;;;/q-3;;;. The van der Waals surface area contributed by atoms with Crippen LogP contribution in [0.15, 0.2) is 0 Å². The molecule has 59 valence electrons. The van der Waals surface area contributed by atoms with E-state index in [4.69, 9.17) is 0 Å². The van der Waals surface area contributed by atoms with Gasteiger partial charge in [-0.05, 0) is 0 Å². The number of unbranched alkanes of at least 4 members (excludes halogenated alkanes) is 5. The van der Waals surface area contributed by atoms with E-state index in [1.165, 1.54) is 12.8 Å². The van der Waals surface area contributed by atoms with Crippen LogP contribution in [0.2, 0.25) is 0 Å². The maximum Gasteiger partial charge on any atom is 0 e. The average molecular weight is 378 g/mol. The molecule has 0 saturated carbocycles. The second kappa shape index (κ2) is 23.3. The summed E-state index contributed by atoms with van der Waals surface area (Å²) in [6.45, 7) is 4.26. The predicted octanol–water partition coefficient (Wildman–Crippen LogP) is 2.80. The van der Waals surface area contributed by atoms with Gasteiger partial charge in [0.15, 0.2) is 0 Å². The molecule has 0 aromatic heterocycles. The Kier molecular flexibility index (Phi) is 50.5. The molecule has 0 amide bonds. The minimum absolute atomic E-state index is 0. The zero-order valence-corrected chi connectivity index (χ0v) is 16.1. The molecule has 0 aliphatic heterocycles. The minimum Gasteiger partial charge on any atom is -0.386 e. The van der Waals surface area contributed by atoms with Crippen LogP contribution < -0.4 is 0 Å². The van der Waals surface area contributed by atoms with Gasteiger partial charge in [-0.3, -0.25) is 0 Å². The Morgan fingerprint density at radius 3 is 1.82 bits per heavy atom. The van der Waals surface area contributed by atoms with Crippen LogP contribution in [0.1, 0.15) is 33.1 Å². The largest absolute Gasteiger partial charge is 0.386 e. The van der Waals surface area contributed by atoms with Gasteiger partial charge in [-0.2, -0.15) is 13.3 Å². The maximum atomic E-state index is 2.28. The molecule has 3 radical (unpaired) electrons. The predicted molar refractivity (Wildman–Crippen MR) is 38.1 cm³/mol. The third-order valence-electron chi connectivity index (χ3n) is 1.02. The fraction of sp³-hybridized carbons (Fsp3) is 0.625. The molecule has 0 rings (SSSR count). The van der Waals surface area contributed by atoms with Crippen LogP contribution in [0.5, 0.6) is 0 Å². The molecule has 0 aromatic rings. The van der Waals surface area contributed by atoms with E-state index in [0.29, 0.717) is 0 Å². The van der Waals surface area contributed by atoms with Crippen molar-refractivity contribution < 1.29 is 98.1 Å². The van der Waals surface area contributed by atoms with E-state index in [9.17, 15) is 0 Å². The number of hydrogen-bond acceptors (Lipinski definition) is 0. The maximum absolute atomic E-state index is 2.28. The third kappa shape index (κ3) is 24.7. The minimum atomic E-state index is 0. The first-order valence-electron chi connectivity index (χ1n) is 3.33. The Balaban J connectivity index is -0.0000000817. The second-order valence-electron chi connectivity index (χ2n) is 1.87. The van der Waals surface area contributed by atoms with Gasteiger partial charge in [0.2, 0.25) is 0 Å². The number of hydrogen-bond donors (Lipinski definition) is 0. The van der Waals surface area contributed by atoms with Crippen LogP contribution in [0.3, 0.4) is 0 Å². The Labute approximate surface area is 147 Å². The van der Waals surface area contributed by atoms with Crippen LogP contribution in [-0.4, -0.2) is 0 Å². The molecule has 3 heteroatoms. The van der Waals surface area contributed by atoms with Gasteiger partial charge in [0.25, 0.3) is 0 Å². The van der Waals surface area contributed by atoms with Crippen LogP contribution in [-0.2, 0) is 98.1 Å². The van der Waals surface area contributed by atoms with Crippen molar-refractivity contribution >= 4 is 0 Å². The molecule has 0 atom stereocenters.